The van der Waals surface area contributed by atoms with Crippen molar-refractivity contribution in [3.05, 3.63) is 70.0 Å². The van der Waals surface area contributed by atoms with Crippen LogP contribution >= 0.6 is 11.6 Å². The molecule has 1 amide bonds. The zero-order chi connectivity index (χ0) is 23.2. The van der Waals surface area contributed by atoms with Gasteiger partial charge in [-0.1, -0.05) is 48.9 Å². The predicted molar refractivity (Wildman–Crippen MR) is 131 cm³/mol. The lowest BCUT2D eigenvalue weighted by molar-refractivity contribution is -0.126. The average molecular weight is 472 g/mol. The third kappa shape index (κ3) is 6.78. The Bertz CT molecular complexity index is 916. The maximum absolute atomic E-state index is 14.1. The molecule has 0 saturated carbocycles. The van der Waals surface area contributed by atoms with Crippen LogP contribution in [0.4, 0.5) is 4.39 Å². The van der Waals surface area contributed by atoms with Gasteiger partial charge in [-0.05, 0) is 81.0 Å². The molecule has 2 aromatic carbocycles. The largest absolute Gasteiger partial charge is 0.352 e. The van der Waals surface area contributed by atoms with E-state index in [0.717, 1.165) is 44.0 Å². The molecular weight excluding hydrogens is 437 g/mol. The van der Waals surface area contributed by atoms with Gasteiger partial charge in [0.1, 0.15) is 5.82 Å². The van der Waals surface area contributed by atoms with E-state index in [9.17, 15) is 9.18 Å². The van der Waals surface area contributed by atoms with Crippen LogP contribution in [0, 0.1) is 17.7 Å². The second-order valence-corrected chi connectivity index (χ2v) is 10.2. The summed E-state index contributed by atoms with van der Waals surface area (Å²) in [6.07, 6.45) is 4.13. The zero-order valence-electron chi connectivity index (χ0n) is 19.5. The Morgan fingerprint density at radius 1 is 0.970 bits per heavy atom. The number of carbonyl (C=O) groups is 1. The van der Waals surface area contributed by atoms with Crippen molar-refractivity contribution in [3.63, 3.8) is 0 Å². The van der Waals surface area contributed by atoms with Crippen LogP contribution in [-0.2, 0) is 24.4 Å². The molecular formula is C27H35ClFN3O. The van der Waals surface area contributed by atoms with E-state index < -0.39 is 0 Å². The summed E-state index contributed by atoms with van der Waals surface area (Å²) in [5.74, 6) is 0.705. The van der Waals surface area contributed by atoms with Gasteiger partial charge in [0.25, 0.3) is 0 Å². The second kappa shape index (κ2) is 11.5. The molecule has 2 heterocycles. The van der Waals surface area contributed by atoms with E-state index in [-0.39, 0.29) is 17.6 Å². The van der Waals surface area contributed by atoms with Crippen molar-refractivity contribution in [2.75, 3.05) is 26.2 Å². The normalized spacial score (nSPS) is 19.0. The van der Waals surface area contributed by atoms with Gasteiger partial charge in [-0.25, -0.2) is 4.39 Å². The maximum atomic E-state index is 14.1. The fraction of sp³-hybridized carbons (Fsp3) is 0.519. The van der Waals surface area contributed by atoms with E-state index in [4.69, 9.17) is 11.6 Å². The molecule has 2 saturated heterocycles. The van der Waals surface area contributed by atoms with Crippen molar-refractivity contribution in [1.82, 2.24) is 15.1 Å². The summed E-state index contributed by atoms with van der Waals surface area (Å²) in [4.78, 5) is 17.5. The number of halogens is 2. The molecule has 2 aliphatic rings. The molecule has 1 N–H and O–H groups in total. The van der Waals surface area contributed by atoms with Crippen LogP contribution in [-0.4, -0.2) is 41.9 Å². The molecule has 6 heteroatoms. The molecule has 2 aromatic rings. The summed E-state index contributed by atoms with van der Waals surface area (Å²) in [6, 6.07) is 13.4. The third-order valence-electron chi connectivity index (χ3n) is 7.14. The van der Waals surface area contributed by atoms with Crippen LogP contribution < -0.4 is 5.32 Å². The molecule has 0 spiro atoms. The molecule has 2 aliphatic heterocycles. The number of amides is 1. The van der Waals surface area contributed by atoms with Gasteiger partial charge in [0, 0.05) is 36.1 Å². The van der Waals surface area contributed by atoms with Gasteiger partial charge in [-0.3, -0.25) is 14.6 Å². The standard InChI is InChI=1S/C27H35ClFN3O/c1-20-8-12-31(13-9-20)18-22-5-2-4-21(16-22)17-30-27(33)23-10-14-32(15-11-23)19-24-25(28)6-3-7-26(24)29/h2-7,16,20,23H,8-15,17-19H2,1H3,(H,30,33). The number of nitrogens with zero attached hydrogens (tertiary/aromatic N) is 2. The van der Waals surface area contributed by atoms with E-state index in [1.54, 1.807) is 12.1 Å². The van der Waals surface area contributed by atoms with Crippen LogP contribution in [0.25, 0.3) is 0 Å². The maximum Gasteiger partial charge on any atom is 0.223 e. The molecule has 0 unspecified atom stereocenters. The first-order chi connectivity index (χ1) is 16.0. The lowest BCUT2D eigenvalue weighted by atomic mass is 9.95. The minimum atomic E-state index is -0.264. The summed E-state index contributed by atoms with van der Waals surface area (Å²) in [5, 5.41) is 3.60. The Balaban J connectivity index is 1.22. The Morgan fingerprint density at radius 3 is 2.33 bits per heavy atom. The summed E-state index contributed by atoms with van der Waals surface area (Å²) in [7, 11) is 0. The van der Waals surface area contributed by atoms with Crippen LogP contribution in [0.5, 0.6) is 0 Å². The SMILES string of the molecule is CC1CCN(Cc2cccc(CNC(=O)C3CCN(Cc4c(F)cccc4Cl)CC3)c2)CC1. The summed E-state index contributed by atoms with van der Waals surface area (Å²) < 4.78 is 14.1. The lowest BCUT2D eigenvalue weighted by Gasteiger charge is -2.31. The van der Waals surface area contributed by atoms with E-state index in [1.165, 1.54) is 37.6 Å². The summed E-state index contributed by atoms with van der Waals surface area (Å²) in [5.41, 5.74) is 3.01. The highest BCUT2D eigenvalue weighted by molar-refractivity contribution is 6.31. The van der Waals surface area contributed by atoms with Crippen molar-refractivity contribution in [1.29, 1.82) is 0 Å². The molecule has 0 bridgehead atoms. The van der Waals surface area contributed by atoms with Gasteiger partial charge in [0.15, 0.2) is 0 Å². The number of hydrogen-bond acceptors (Lipinski definition) is 3. The van der Waals surface area contributed by atoms with Gasteiger partial charge < -0.3 is 5.32 Å². The smallest absolute Gasteiger partial charge is 0.223 e. The van der Waals surface area contributed by atoms with Gasteiger partial charge >= 0.3 is 0 Å². The van der Waals surface area contributed by atoms with Crippen LogP contribution in [0.3, 0.4) is 0 Å². The van der Waals surface area contributed by atoms with Gasteiger partial charge in [-0.2, -0.15) is 0 Å². The molecule has 2 fully saturated rings. The first-order valence-corrected chi connectivity index (χ1v) is 12.6. The highest BCUT2D eigenvalue weighted by Crippen LogP contribution is 2.24. The first kappa shape index (κ1) is 24.2. The Kier molecular flexibility index (Phi) is 8.39. The molecule has 0 aromatic heterocycles. The minimum absolute atomic E-state index is 0.0101. The molecule has 33 heavy (non-hydrogen) atoms. The predicted octanol–water partition coefficient (Wildman–Crippen LogP) is 5.24. The highest BCUT2D eigenvalue weighted by atomic mass is 35.5. The van der Waals surface area contributed by atoms with Gasteiger partial charge in [-0.15, -0.1) is 0 Å². The molecule has 178 valence electrons. The average Bonchev–Trinajstić information content (AvgIpc) is 2.82. The Morgan fingerprint density at radius 2 is 1.61 bits per heavy atom. The monoisotopic (exact) mass is 471 g/mol. The number of nitrogens with one attached hydrogen (secondary N) is 1. The van der Waals surface area contributed by atoms with Crippen molar-refractivity contribution >= 4 is 17.5 Å². The number of piperidine rings is 2. The van der Waals surface area contributed by atoms with E-state index in [1.807, 2.05) is 0 Å². The molecule has 4 rings (SSSR count). The van der Waals surface area contributed by atoms with Crippen LogP contribution in [0.2, 0.25) is 5.02 Å². The lowest BCUT2D eigenvalue weighted by Crippen LogP contribution is -2.40. The van der Waals surface area contributed by atoms with Crippen molar-refractivity contribution < 1.29 is 9.18 Å². The number of likely N-dealkylation sites (tertiary alicyclic amines) is 2. The Labute approximate surface area is 202 Å². The van der Waals surface area contributed by atoms with Crippen molar-refractivity contribution in [3.8, 4) is 0 Å². The number of rotatable bonds is 7. The van der Waals surface area contributed by atoms with E-state index in [2.05, 4.69) is 46.3 Å². The van der Waals surface area contributed by atoms with Crippen LogP contribution in [0.1, 0.15) is 49.3 Å². The fourth-order valence-corrected chi connectivity index (χ4v) is 5.13. The molecule has 0 radical (unpaired) electrons. The van der Waals surface area contributed by atoms with Crippen molar-refractivity contribution in [2.24, 2.45) is 11.8 Å². The topological polar surface area (TPSA) is 35.6 Å². The number of hydrogen-bond donors (Lipinski definition) is 1. The zero-order valence-corrected chi connectivity index (χ0v) is 20.3. The van der Waals surface area contributed by atoms with Crippen molar-refractivity contribution in [2.45, 2.75) is 52.2 Å². The highest BCUT2D eigenvalue weighted by Gasteiger charge is 2.25. The molecule has 0 atom stereocenters. The Hall–Kier alpha value is -1.95. The quantitative estimate of drug-likeness (QED) is 0.599. The number of carbonyl (C=O) groups excluding carboxylic acids is 1. The summed E-state index contributed by atoms with van der Waals surface area (Å²) in [6.45, 7) is 8.26. The minimum Gasteiger partial charge on any atom is -0.352 e. The first-order valence-electron chi connectivity index (χ1n) is 12.2. The third-order valence-corrected chi connectivity index (χ3v) is 7.50. The van der Waals surface area contributed by atoms with Crippen LogP contribution in [0.15, 0.2) is 42.5 Å². The van der Waals surface area contributed by atoms with E-state index in [0.29, 0.717) is 23.7 Å². The summed E-state index contributed by atoms with van der Waals surface area (Å²) >= 11 is 6.17. The number of benzene rings is 2. The van der Waals surface area contributed by atoms with E-state index >= 15 is 0 Å². The van der Waals surface area contributed by atoms with Gasteiger partial charge in [0.05, 0.1) is 0 Å². The fourth-order valence-electron chi connectivity index (χ4n) is 4.91. The van der Waals surface area contributed by atoms with Gasteiger partial charge in [0.2, 0.25) is 5.91 Å². The second-order valence-electron chi connectivity index (χ2n) is 9.75. The molecule has 4 nitrogen and oxygen atoms in total. The molecule has 0 aliphatic carbocycles.